The molecule has 0 aromatic heterocycles. The van der Waals surface area contributed by atoms with Gasteiger partial charge in [0.2, 0.25) is 0 Å². The van der Waals surface area contributed by atoms with Gasteiger partial charge in [-0.1, -0.05) is 23.7 Å². The van der Waals surface area contributed by atoms with Crippen LogP contribution in [0.15, 0.2) is 42.5 Å². The smallest absolute Gasteiger partial charge is 0.308 e. The number of carbonyl (C=O) groups is 3. The van der Waals surface area contributed by atoms with Crippen molar-refractivity contribution >= 4 is 40.8 Å². The highest BCUT2D eigenvalue weighted by Gasteiger charge is 2.25. The Morgan fingerprint density at radius 3 is 2.82 bits per heavy atom. The highest BCUT2D eigenvalue weighted by molar-refractivity contribution is 6.33. The molecule has 0 spiro atoms. The first kappa shape index (κ1) is 19.6. The van der Waals surface area contributed by atoms with Crippen molar-refractivity contribution in [3.8, 4) is 5.75 Å². The number of hydrogen-bond donors (Lipinski definition) is 1. The van der Waals surface area contributed by atoms with E-state index in [4.69, 9.17) is 21.1 Å². The molecule has 1 aliphatic rings. The van der Waals surface area contributed by atoms with E-state index in [2.05, 4.69) is 5.32 Å². The molecular formula is C19H16ClFN2O5. The molecule has 2 aromatic rings. The average Bonchev–Trinajstić information content (AvgIpc) is 2.68. The largest absolute Gasteiger partial charge is 0.482 e. The lowest BCUT2D eigenvalue weighted by molar-refractivity contribution is -0.147. The van der Waals surface area contributed by atoms with Crippen LogP contribution < -0.4 is 15.0 Å². The number of fused-ring (bicyclic) bond motifs is 1. The summed E-state index contributed by atoms with van der Waals surface area (Å²) in [5.41, 5.74) is 0.787. The topological polar surface area (TPSA) is 84.9 Å². The molecule has 7 nitrogen and oxygen atoms in total. The van der Waals surface area contributed by atoms with E-state index in [0.29, 0.717) is 11.4 Å². The summed E-state index contributed by atoms with van der Waals surface area (Å²) in [6, 6.07) is 10.5. The standard InChI is InChI=1S/C19H16ClFN2O5/c20-13-9-12(21)5-6-14(13)22-17(24)10-28-19(26)7-8-23-15-3-1-2-4-16(15)27-11-18(23)25/h1-6,9H,7-8,10-11H2,(H,22,24). The van der Waals surface area contributed by atoms with Gasteiger partial charge in [-0.05, 0) is 30.3 Å². The van der Waals surface area contributed by atoms with E-state index in [0.717, 1.165) is 12.1 Å². The van der Waals surface area contributed by atoms with Crippen LogP contribution >= 0.6 is 11.6 Å². The number of halogens is 2. The first-order valence-corrected chi connectivity index (χ1v) is 8.74. The van der Waals surface area contributed by atoms with Gasteiger partial charge in [0.25, 0.3) is 11.8 Å². The Morgan fingerprint density at radius 2 is 2.04 bits per heavy atom. The number of rotatable bonds is 6. The summed E-state index contributed by atoms with van der Waals surface area (Å²) in [7, 11) is 0. The summed E-state index contributed by atoms with van der Waals surface area (Å²) >= 11 is 5.82. The molecule has 9 heteroatoms. The van der Waals surface area contributed by atoms with Gasteiger partial charge in [0, 0.05) is 6.54 Å². The second-order valence-corrected chi connectivity index (χ2v) is 6.29. The molecule has 3 rings (SSSR count). The number of benzene rings is 2. The predicted molar refractivity (Wildman–Crippen MR) is 99.9 cm³/mol. The number of hydrogen-bond acceptors (Lipinski definition) is 5. The molecule has 1 N–H and O–H groups in total. The third-order valence-electron chi connectivity index (χ3n) is 3.92. The maximum absolute atomic E-state index is 13.0. The van der Waals surface area contributed by atoms with Crippen molar-refractivity contribution in [2.24, 2.45) is 0 Å². The minimum Gasteiger partial charge on any atom is -0.482 e. The van der Waals surface area contributed by atoms with Crippen LogP contribution in [-0.2, 0) is 19.1 Å². The Hall–Kier alpha value is -3.13. The molecule has 0 atom stereocenters. The molecule has 0 fully saturated rings. The van der Waals surface area contributed by atoms with Crippen LogP contribution in [0.2, 0.25) is 5.02 Å². The molecule has 28 heavy (non-hydrogen) atoms. The molecule has 0 saturated carbocycles. The van der Waals surface area contributed by atoms with Crippen LogP contribution in [0.3, 0.4) is 0 Å². The fraction of sp³-hybridized carbons (Fsp3) is 0.211. The molecule has 2 amide bonds. The Morgan fingerprint density at radius 1 is 1.25 bits per heavy atom. The first-order valence-electron chi connectivity index (χ1n) is 8.37. The number of nitrogens with one attached hydrogen (secondary N) is 1. The van der Waals surface area contributed by atoms with E-state index in [-0.39, 0.29) is 36.2 Å². The first-order chi connectivity index (χ1) is 13.4. The van der Waals surface area contributed by atoms with E-state index < -0.39 is 24.3 Å². The zero-order valence-electron chi connectivity index (χ0n) is 14.6. The lowest BCUT2D eigenvalue weighted by atomic mass is 10.2. The molecule has 1 heterocycles. The third-order valence-corrected chi connectivity index (χ3v) is 4.23. The van der Waals surface area contributed by atoms with Crippen LogP contribution in [0, 0.1) is 5.82 Å². The van der Waals surface area contributed by atoms with E-state index in [9.17, 15) is 18.8 Å². The SMILES string of the molecule is O=C(COC(=O)CCN1C(=O)COc2ccccc21)Nc1ccc(F)cc1Cl. The van der Waals surface area contributed by atoms with Gasteiger partial charge in [-0.25, -0.2) is 4.39 Å². The summed E-state index contributed by atoms with van der Waals surface area (Å²) < 4.78 is 23.2. The fourth-order valence-electron chi connectivity index (χ4n) is 2.60. The van der Waals surface area contributed by atoms with Gasteiger partial charge in [0.1, 0.15) is 11.6 Å². The van der Waals surface area contributed by atoms with E-state index in [1.165, 1.54) is 11.0 Å². The van der Waals surface area contributed by atoms with Crippen molar-refractivity contribution in [3.63, 3.8) is 0 Å². The van der Waals surface area contributed by atoms with Gasteiger partial charge in [-0.15, -0.1) is 0 Å². The summed E-state index contributed by atoms with van der Waals surface area (Å²) in [4.78, 5) is 37.3. The molecule has 0 bridgehead atoms. The number of anilines is 2. The fourth-order valence-corrected chi connectivity index (χ4v) is 2.81. The Bertz CT molecular complexity index is 921. The monoisotopic (exact) mass is 406 g/mol. The summed E-state index contributed by atoms with van der Waals surface area (Å²) in [6.45, 7) is -0.531. The minimum atomic E-state index is -0.642. The van der Waals surface area contributed by atoms with Crippen molar-refractivity contribution in [2.75, 3.05) is 30.0 Å². The maximum Gasteiger partial charge on any atom is 0.308 e. The van der Waals surface area contributed by atoms with E-state index >= 15 is 0 Å². The Kier molecular flexibility index (Phi) is 6.10. The zero-order chi connectivity index (χ0) is 20.1. The maximum atomic E-state index is 13.0. The summed E-state index contributed by atoms with van der Waals surface area (Å²) in [5, 5.41) is 2.45. The van der Waals surface area contributed by atoms with E-state index in [1.807, 2.05) is 0 Å². The van der Waals surface area contributed by atoms with Crippen molar-refractivity contribution in [2.45, 2.75) is 6.42 Å². The van der Waals surface area contributed by atoms with Crippen LogP contribution in [0.25, 0.3) is 0 Å². The number of esters is 1. The van der Waals surface area contributed by atoms with Crippen molar-refractivity contribution < 1.29 is 28.2 Å². The van der Waals surface area contributed by atoms with Crippen LogP contribution in [0.5, 0.6) is 5.75 Å². The van der Waals surface area contributed by atoms with Crippen LogP contribution in [0.1, 0.15) is 6.42 Å². The second-order valence-electron chi connectivity index (χ2n) is 5.88. The highest BCUT2D eigenvalue weighted by atomic mass is 35.5. The Labute approximate surface area is 165 Å². The molecular weight excluding hydrogens is 391 g/mol. The molecule has 0 radical (unpaired) electrons. The van der Waals surface area contributed by atoms with Gasteiger partial charge in [-0.2, -0.15) is 0 Å². The molecule has 0 aliphatic carbocycles. The second kappa shape index (κ2) is 8.71. The zero-order valence-corrected chi connectivity index (χ0v) is 15.4. The summed E-state index contributed by atoms with van der Waals surface area (Å²) in [5.74, 6) is -1.50. The number of ether oxygens (including phenoxy) is 2. The number of para-hydroxylation sites is 2. The van der Waals surface area contributed by atoms with E-state index in [1.54, 1.807) is 24.3 Å². The molecule has 0 unspecified atom stereocenters. The van der Waals surface area contributed by atoms with Crippen molar-refractivity contribution in [3.05, 3.63) is 53.3 Å². The predicted octanol–water partition coefficient (Wildman–Crippen LogP) is 2.78. The Balaban J connectivity index is 1.48. The average molecular weight is 407 g/mol. The van der Waals surface area contributed by atoms with Gasteiger partial charge in [-0.3, -0.25) is 14.4 Å². The third kappa shape index (κ3) is 4.77. The normalized spacial score (nSPS) is 12.8. The molecule has 0 saturated heterocycles. The van der Waals surface area contributed by atoms with Gasteiger partial charge >= 0.3 is 5.97 Å². The number of carbonyl (C=O) groups excluding carboxylic acids is 3. The quantitative estimate of drug-likeness (QED) is 0.746. The summed E-state index contributed by atoms with van der Waals surface area (Å²) in [6.07, 6.45) is -0.0926. The highest BCUT2D eigenvalue weighted by Crippen LogP contribution is 2.31. The van der Waals surface area contributed by atoms with Gasteiger partial charge in [0.05, 0.1) is 22.8 Å². The van der Waals surface area contributed by atoms with Crippen molar-refractivity contribution in [1.29, 1.82) is 0 Å². The van der Waals surface area contributed by atoms with Gasteiger partial charge in [0.15, 0.2) is 13.2 Å². The lowest BCUT2D eigenvalue weighted by Gasteiger charge is -2.28. The molecule has 146 valence electrons. The minimum absolute atomic E-state index is 0.0316. The lowest BCUT2D eigenvalue weighted by Crippen LogP contribution is -2.40. The molecule has 1 aliphatic heterocycles. The van der Waals surface area contributed by atoms with Crippen molar-refractivity contribution in [1.82, 2.24) is 0 Å². The molecule has 2 aromatic carbocycles. The number of amides is 2. The van der Waals surface area contributed by atoms with Crippen LogP contribution in [0.4, 0.5) is 15.8 Å². The number of nitrogens with zero attached hydrogens (tertiary/aromatic N) is 1. The van der Waals surface area contributed by atoms with Crippen LogP contribution in [-0.4, -0.2) is 37.5 Å². The van der Waals surface area contributed by atoms with Gasteiger partial charge < -0.3 is 19.7 Å².